The van der Waals surface area contributed by atoms with Crippen molar-refractivity contribution >= 4 is 12.0 Å². The van der Waals surface area contributed by atoms with Gasteiger partial charge in [0.1, 0.15) is 11.8 Å². The van der Waals surface area contributed by atoms with E-state index < -0.39 is 18.0 Å². The lowest BCUT2D eigenvalue weighted by Crippen LogP contribution is -2.52. The first-order chi connectivity index (χ1) is 9.94. The van der Waals surface area contributed by atoms with Crippen LogP contribution < -0.4 is 10.6 Å². The molecule has 1 aromatic rings. The second-order valence-corrected chi connectivity index (χ2v) is 5.65. The number of carbonyl (C=O) groups excluding carboxylic acids is 1. The zero-order valence-corrected chi connectivity index (χ0v) is 11.9. The molecular formula is C15H20N2O4. The van der Waals surface area contributed by atoms with E-state index in [1.165, 1.54) is 12.1 Å². The van der Waals surface area contributed by atoms with Gasteiger partial charge in [-0.05, 0) is 36.5 Å². The summed E-state index contributed by atoms with van der Waals surface area (Å²) in [5, 5.41) is 23.7. The average Bonchev–Trinajstić information content (AvgIpc) is 2.38. The molecule has 0 saturated heterocycles. The van der Waals surface area contributed by atoms with Gasteiger partial charge in [0.25, 0.3) is 0 Å². The van der Waals surface area contributed by atoms with E-state index in [0.717, 1.165) is 18.4 Å². The maximum absolute atomic E-state index is 11.8. The number of aromatic hydroxyl groups is 1. The number of aliphatic carboxylic acids is 1. The molecule has 0 spiro atoms. The zero-order valence-electron chi connectivity index (χ0n) is 11.9. The number of carboxylic acid groups (broad SMARTS) is 1. The Morgan fingerprint density at radius 2 is 1.90 bits per heavy atom. The summed E-state index contributed by atoms with van der Waals surface area (Å²) < 4.78 is 0. The minimum Gasteiger partial charge on any atom is -0.508 e. The van der Waals surface area contributed by atoms with Crippen molar-refractivity contribution in [1.29, 1.82) is 0 Å². The monoisotopic (exact) mass is 292 g/mol. The first-order valence-corrected chi connectivity index (χ1v) is 7.01. The summed E-state index contributed by atoms with van der Waals surface area (Å²) in [6.07, 6.45) is 2.04. The molecule has 6 nitrogen and oxygen atoms in total. The van der Waals surface area contributed by atoms with Crippen molar-refractivity contribution in [3.63, 3.8) is 0 Å². The molecule has 4 N–H and O–H groups in total. The molecule has 0 aromatic heterocycles. The molecular weight excluding hydrogens is 272 g/mol. The highest BCUT2D eigenvalue weighted by atomic mass is 16.4. The predicted octanol–water partition coefficient (Wildman–Crippen LogP) is 1.49. The third-order valence-corrected chi connectivity index (χ3v) is 3.69. The van der Waals surface area contributed by atoms with Crippen LogP contribution in [0.4, 0.5) is 4.79 Å². The van der Waals surface area contributed by atoms with Crippen LogP contribution >= 0.6 is 0 Å². The smallest absolute Gasteiger partial charge is 0.326 e. The minimum atomic E-state index is -1.08. The lowest BCUT2D eigenvalue weighted by molar-refractivity contribution is -0.139. The molecule has 1 aliphatic rings. The number of phenolic OH excluding ortho intramolecular Hbond substituents is 1. The van der Waals surface area contributed by atoms with Crippen LogP contribution in [0.2, 0.25) is 0 Å². The SMILES string of the molecule is CC1CC(NC(=O)N[C@@H](Cc2ccc(O)cc2)C(=O)O)C1. The molecule has 114 valence electrons. The van der Waals surface area contributed by atoms with E-state index >= 15 is 0 Å². The van der Waals surface area contributed by atoms with E-state index in [-0.39, 0.29) is 18.2 Å². The van der Waals surface area contributed by atoms with Gasteiger partial charge in [0.15, 0.2) is 0 Å². The van der Waals surface area contributed by atoms with Crippen LogP contribution in [0.3, 0.4) is 0 Å². The number of amides is 2. The fourth-order valence-corrected chi connectivity index (χ4v) is 2.47. The number of urea groups is 1. The normalized spacial score (nSPS) is 22.0. The highest BCUT2D eigenvalue weighted by molar-refractivity contribution is 5.82. The van der Waals surface area contributed by atoms with E-state index in [9.17, 15) is 19.8 Å². The van der Waals surface area contributed by atoms with Crippen molar-refractivity contribution in [3.05, 3.63) is 29.8 Å². The van der Waals surface area contributed by atoms with Crippen molar-refractivity contribution in [3.8, 4) is 5.75 Å². The van der Waals surface area contributed by atoms with Crippen LogP contribution in [0, 0.1) is 5.92 Å². The van der Waals surface area contributed by atoms with Crippen LogP contribution in [0.15, 0.2) is 24.3 Å². The summed E-state index contributed by atoms with van der Waals surface area (Å²) in [7, 11) is 0. The third-order valence-electron chi connectivity index (χ3n) is 3.69. The van der Waals surface area contributed by atoms with E-state index in [0.29, 0.717) is 5.92 Å². The summed E-state index contributed by atoms with van der Waals surface area (Å²) in [6.45, 7) is 2.11. The highest BCUT2D eigenvalue weighted by Crippen LogP contribution is 2.26. The molecule has 0 heterocycles. The fourth-order valence-electron chi connectivity index (χ4n) is 2.47. The van der Waals surface area contributed by atoms with Crippen LogP contribution in [-0.4, -0.2) is 34.3 Å². The molecule has 0 unspecified atom stereocenters. The molecule has 1 fully saturated rings. The van der Waals surface area contributed by atoms with Gasteiger partial charge in [-0.3, -0.25) is 0 Å². The Hall–Kier alpha value is -2.24. The predicted molar refractivity (Wildman–Crippen MR) is 77.1 cm³/mol. The van der Waals surface area contributed by atoms with Crippen molar-refractivity contribution in [1.82, 2.24) is 10.6 Å². The minimum absolute atomic E-state index is 0.121. The Morgan fingerprint density at radius 3 is 2.43 bits per heavy atom. The van der Waals surface area contributed by atoms with Crippen molar-refractivity contribution < 1.29 is 19.8 Å². The molecule has 0 bridgehead atoms. The summed E-state index contributed by atoms with van der Waals surface area (Å²) in [6, 6.07) is 4.96. The van der Waals surface area contributed by atoms with E-state index in [4.69, 9.17) is 0 Å². The Kier molecular flexibility index (Phi) is 4.67. The van der Waals surface area contributed by atoms with Crippen LogP contribution in [-0.2, 0) is 11.2 Å². The number of hydrogen-bond acceptors (Lipinski definition) is 3. The Labute approximate surface area is 123 Å². The Morgan fingerprint density at radius 1 is 1.29 bits per heavy atom. The third kappa shape index (κ3) is 4.37. The second kappa shape index (κ2) is 6.47. The lowest BCUT2D eigenvalue weighted by atomic mass is 9.82. The largest absolute Gasteiger partial charge is 0.508 e. The summed E-state index contributed by atoms with van der Waals surface area (Å²) in [5.74, 6) is -0.349. The quantitative estimate of drug-likeness (QED) is 0.660. The molecule has 1 aliphatic carbocycles. The number of phenols is 1. The van der Waals surface area contributed by atoms with Gasteiger partial charge >= 0.3 is 12.0 Å². The molecule has 2 amide bonds. The fraction of sp³-hybridized carbons (Fsp3) is 0.467. The molecule has 1 aromatic carbocycles. The van der Waals surface area contributed by atoms with E-state index in [2.05, 4.69) is 17.6 Å². The summed E-state index contributed by atoms with van der Waals surface area (Å²) in [4.78, 5) is 23.0. The highest BCUT2D eigenvalue weighted by Gasteiger charge is 2.28. The lowest BCUT2D eigenvalue weighted by Gasteiger charge is -2.33. The van der Waals surface area contributed by atoms with E-state index in [1.807, 2.05) is 0 Å². The molecule has 0 radical (unpaired) electrons. The standard InChI is InChI=1S/C15H20N2O4/c1-9-6-11(7-9)16-15(21)17-13(14(19)20)8-10-2-4-12(18)5-3-10/h2-5,9,11,13,18H,6-8H2,1H3,(H,19,20)(H2,16,17,21)/t9?,11?,13-/m0/s1. The number of benzene rings is 1. The van der Waals surface area contributed by atoms with Crippen molar-refractivity contribution in [2.24, 2.45) is 5.92 Å². The first kappa shape index (κ1) is 15.2. The van der Waals surface area contributed by atoms with Gasteiger partial charge in [0.2, 0.25) is 0 Å². The number of carboxylic acids is 1. The van der Waals surface area contributed by atoms with Crippen LogP contribution in [0.5, 0.6) is 5.75 Å². The van der Waals surface area contributed by atoms with Crippen molar-refractivity contribution in [2.45, 2.75) is 38.3 Å². The van der Waals surface area contributed by atoms with Gasteiger partial charge in [-0.25, -0.2) is 9.59 Å². The first-order valence-electron chi connectivity index (χ1n) is 7.01. The second-order valence-electron chi connectivity index (χ2n) is 5.65. The van der Waals surface area contributed by atoms with Gasteiger partial charge in [-0.1, -0.05) is 19.1 Å². The van der Waals surface area contributed by atoms with Gasteiger partial charge in [0, 0.05) is 12.5 Å². The van der Waals surface area contributed by atoms with Crippen molar-refractivity contribution in [2.75, 3.05) is 0 Å². The zero-order chi connectivity index (χ0) is 15.4. The topological polar surface area (TPSA) is 98.7 Å². The Bertz CT molecular complexity index is 509. The number of nitrogens with one attached hydrogen (secondary N) is 2. The van der Waals surface area contributed by atoms with Gasteiger partial charge < -0.3 is 20.8 Å². The van der Waals surface area contributed by atoms with Gasteiger partial charge in [0.05, 0.1) is 0 Å². The average molecular weight is 292 g/mol. The Balaban J connectivity index is 1.88. The maximum atomic E-state index is 11.8. The molecule has 6 heteroatoms. The number of carbonyl (C=O) groups is 2. The van der Waals surface area contributed by atoms with Crippen LogP contribution in [0.25, 0.3) is 0 Å². The number of hydrogen-bond donors (Lipinski definition) is 4. The molecule has 1 saturated carbocycles. The van der Waals surface area contributed by atoms with Crippen LogP contribution in [0.1, 0.15) is 25.3 Å². The molecule has 2 rings (SSSR count). The molecule has 1 atom stereocenters. The number of rotatable bonds is 5. The maximum Gasteiger partial charge on any atom is 0.326 e. The van der Waals surface area contributed by atoms with Gasteiger partial charge in [-0.2, -0.15) is 0 Å². The summed E-state index contributed by atoms with van der Waals surface area (Å²) in [5.41, 5.74) is 0.734. The summed E-state index contributed by atoms with van der Waals surface area (Å²) >= 11 is 0. The molecule has 0 aliphatic heterocycles. The van der Waals surface area contributed by atoms with Gasteiger partial charge in [-0.15, -0.1) is 0 Å². The van der Waals surface area contributed by atoms with E-state index in [1.54, 1.807) is 12.1 Å². The molecule has 21 heavy (non-hydrogen) atoms.